The van der Waals surface area contributed by atoms with Crippen molar-refractivity contribution in [3.8, 4) is 0 Å². The van der Waals surface area contributed by atoms with Crippen LogP contribution in [0.5, 0.6) is 0 Å². The summed E-state index contributed by atoms with van der Waals surface area (Å²) < 4.78 is 17.5. The molecule has 0 aliphatic carbocycles. The summed E-state index contributed by atoms with van der Waals surface area (Å²) in [5.74, 6) is 2.90. The van der Waals surface area contributed by atoms with Crippen molar-refractivity contribution in [3.63, 3.8) is 0 Å². The van der Waals surface area contributed by atoms with Crippen LogP contribution >= 0.6 is 0 Å². The molecule has 0 bridgehead atoms. The lowest BCUT2D eigenvalue weighted by Crippen LogP contribution is -2.39. The van der Waals surface area contributed by atoms with Crippen molar-refractivity contribution in [1.29, 1.82) is 0 Å². The highest BCUT2D eigenvalue weighted by Gasteiger charge is 2.08. The zero-order valence-corrected chi connectivity index (χ0v) is 16.5. The Morgan fingerprint density at radius 1 is 1.27 bits per heavy atom. The maximum Gasteiger partial charge on any atom is 0.191 e. The van der Waals surface area contributed by atoms with Gasteiger partial charge < -0.3 is 15.2 Å². The Bertz CT molecular complexity index is 713. The molecule has 1 aromatic carbocycles. The third-order valence-electron chi connectivity index (χ3n) is 3.70. The summed E-state index contributed by atoms with van der Waals surface area (Å²) in [4.78, 5) is 4.50. The van der Waals surface area contributed by atoms with Crippen molar-refractivity contribution in [2.75, 3.05) is 18.8 Å². The van der Waals surface area contributed by atoms with E-state index in [1.165, 1.54) is 0 Å². The molecular formula is C19H28N4O2S. The predicted octanol–water partition coefficient (Wildman–Crippen LogP) is 2.80. The topological polar surface area (TPSA) is 79.5 Å². The normalized spacial score (nSPS) is 13.0. The Kier molecular flexibility index (Phi) is 8.34. The maximum absolute atomic E-state index is 12.2. The molecule has 1 unspecified atom stereocenters. The lowest BCUT2D eigenvalue weighted by molar-refractivity contribution is 0.376. The minimum atomic E-state index is -0.907. The Morgan fingerprint density at radius 2 is 2.04 bits per heavy atom. The quantitative estimate of drug-likeness (QED) is 0.520. The number of benzene rings is 1. The van der Waals surface area contributed by atoms with Gasteiger partial charge in [-0.15, -0.1) is 0 Å². The fraction of sp³-hybridized carbons (Fsp3) is 0.474. The third-order valence-corrected chi connectivity index (χ3v) is 5.01. The van der Waals surface area contributed by atoms with E-state index in [1.807, 2.05) is 43.3 Å². The number of hydrogen-bond acceptors (Lipinski definition) is 4. The van der Waals surface area contributed by atoms with E-state index in [4.69, 9.17) is 4.52 Å². The minimum Gasteiger partial charge on any atom is -0.359 e. The lowest BCUT2D eigenvalue weighted by Gasteiger charge is -2.10. The van der Waals surface area contributed by atoms with Gasteiger partial charge in [-0.3, -0.25) is 4.21 Å². The molecule has 0 saturated heterocycles. The molecule has 6 nitrogen and oxygen atoms in total. The van der Waals surface area contributed by atoms with Crippen LogP contribution in [0.2, 0.25) is 0 Å². The van der Waals surface area contributed by atoms with Crippen LogP contribution in [0.4, 0.5) is 0 Å². The molecule has 0 aliphatic heterocycles. The molecule has 142 valence electrons. The first-order chi connectivity index (χ1) is 12.6. The van der Waals surface area contributed by atoms with E-state index in [0.717, 1.165) is 23.6 Å². The van der Waals surface area contributed by atoms with Gasteiger partial charge in [0, 0.05) is 41.5 Å². The van der Waals surface area contributed by atoms with Crippen LogP contribution in [-0.2, 0) is 23.1 Å². The summed E-state index contributed by atoms with van der Waals surface area (Å²) in [5, 5.41) is 10.4. The number of rotatable bonds is 9. The van der Waals surface area contributed by atoms with Crippen LogP contribution < -0.4 is 10.6 Å². The summed E-state index contributed by atoms with van der Waals surface area (Å²) in [7, 11) is -0.907. The summed E-state index contributed by atoms with van der Waals surface area (Å²) in [6.07, 6.45) is 0. The van der Waals surface area contributed by atoms with Crippen molar-refractivity contribution in [2.24, 2.45) is 4.99 Å². The average Bonchev–Trinajstić information content (AvgIpc) is 3.10. The SMILES string of the molecule is CCNC(=NCc1cc(C(C)C)no1)NCCS(=O)Cc1ccccc1. The van der Waals surface area contributed by atoms with Crippen LogP contribution in [0, 0.1) is 0 Å². The van der Waals surface area contributed by atoms with E-state index in [9.17, 15) is 4.21 Å². The molecule has 2 aromatic rings. The van der Waals surface area contributed by atoms with Gasteiger partial charge in [0.1, 0.15) is 6.54 Å². The number of nitrogens with one attached hydrogen (secondary N) is 2. The largest absolute Gasteiger partial charge is 0.359 e. The summed E-state index contributed by atoms with van der Waals surface area (Å²) in [6, 6.07) is 11.8. The molecule has 26 heavy (non-hydrogen) atoms. The minimum absolute atomic E-state index is 0.336. The zero-order chi connectivity index (χ0) is 18.8. The second-order valence-electron chi connectivity index (χ2n) is 6.27. The molecule has 0 amide bonds. The van der Waals surface area contributed by atoms with Gasteiger partial charge in [-0.25, -0.2) is 4.99 Å². The van der Waals surface area contributed by atoms with Crippen LogP contribution in [0.1, 0.15) is 43.7 Å². The van der Waals surface area contributed by atoms with Gasteiger partial charge in [0.2, 0.25) is 0 Å². The van der Waals surface area contributed by atoms with Crippen LogP contribution in [0.25, 0.3) is 0 Å². The summed E-state index contributed by atoms with van der Waals surface area (Å²) in [5.41, 5.74) is 2.03. The first-order valence-corrected chi connectivity index (χ1v) is 10.4. The number of nitrogens with zero attached hydrogens (tertiary/aromatic N) is 2. The number of guanidine groups is 1. The number of hydrogen-bond donors (Lipinski definition) is 2. The van der Waals surface area contributed by atoms with Gasteiger partial charge in [0.05, 0.1) is 5.69 Å². The van der Waals surface area contributed by atoms with Crippen LogP contribution in [0.15, 0.2) is 45.9 Å². The smallest absolute Gasteiger partial charge is 0.191 e. The molecule has 0 spiro atoms. The maximum atomic E-state index is 12.2. The first-order valence-electron chi connectivity index (χ1n) is 8.95. The highest BCUT2D eigenvalue weighted by Crippen LogP contribution is 2.14. The molecule has 0 aliphatic rings. The van der Waals surface area contributed by atoms with Gasteiger partial charge in [-0.2, -0.15) is 0 Å². The van der Waals surface area contributed by atoms with E-state index in [0.29, 0.717) is 36.5 Å². The van der Waals surface area contributed by atoms with E-state index >= 15 is 0 Å². The molecule has 7 heteroatoms. The fourth-order valence-corrected chi connectivity index (χ4v) is 3.33. The van der Waals surface area contributed by atoms with Gasteiger partial charge >= 0.3 is 0 Å². The Hall–Kier alpha value is -2.15. The van der Waals surface area contributed by atoms with E-state index in [-0.39, 0.29) is 0 Å². The first kappa shape index (κ1) is 20.2. The molecule has 2 rings (SSSR count). The molecular weight excluding hydrogens is 348 g/mol. The number of aliphatic imine (C=N–C) groups is 1. The summed E-state index contributed by atoms with van der Waals surface area (Å²) >= 11 is 0. The van der Waals surface area contributed by atoms with Gasteiger partial charge in [-0.1, -0.05) is 49.3 Å². The zero-order valence-electron chi connectivity index (χ0n) is 15.7. The monoisotopic (exact) mass is 376 g/mol. The molecule has 1 atom stereocenters. The predicted molar refractivity (Wildman–Crippen MR) is 107 cm³/mol. The lowest BCUT2D eigenvalue weighted by atomic mass is 10.1. The Morgan fingerprint density at radius 3 is 2.69 bits per heavy atom. The highest BCUT2D eigenvalue weighted by molar-refractivity contribution is 7.84. The van der Waals surface area contributed by atoms with Gasteiger partial charge in [0.25, 0.3) is 0 Å². The standard InChI is InChI=1S/C19H28N4O2S/c1-4-20-19(22-13-17-12-18(15(2)3)23-25-17)21-10-11-26(24)14-16-8-6-5-7-9-16/h5-9,12,15H,4,10-11,13-14H2,1-3H3,(H2,20,21,22). The van der Waals surface area contributed by atoms with Gasteiger partial charge in [-0.05, 0) is 18.4 Å². The fourth-order valence-electron chi connectivity index (χ4n) is 2.29. The molecule has 2 N–H and O–H groups in total. The second kappa shape index (κ2) is 10.8. The van der Waals surface area contributed by atoms with Crippen molar-refractivity contribution in [1.82, 2.24) is 15.8 Å². The van der Waals surface area contributed by atoms with Crippen LogP contribution in [-0.4, -0.2) is 34.2 Å². The van der Waals surface area contributed by atoms with Crippen molar-refractivity contribution in [2.45, 2.75) is 39.0 Å². The Balaban J connectivity index is 1.80. The van der Waals surface area contributed by atoms with E-state index in [2.05, 4.69) is 34.6 Å². The third kappa shape index (κ3) is 7.00. The second-order valence-corrected chi connectivity index (χ2v) is 7.85. The van der Waals surface area contributed by atoms with Gasteiger partial charge in [0.15, 0.2) is 11.7 Å². The van der Waals surface area contributed by atoms with Crippen molar-refractivity contribution >= 4 is 16.8 Å². The van der Waals surface area contributed by atoms with Crippen molar-refractivity contribution < 1.29 is 8.73 Å². The van der Waals surface area contributed by atoms with Crippen LogP contribution in [0.3, 0.4) is 0 Å². The van der Waals surface area contributed by atoms with Crippen molar-refractivity contribution in [3.05, 3.63) is 53.4 Å². The Labute approximate surface area is 157 Å². The molecule has 1 aromatic heterocycles. The number of aromatic nitrogens is 1. The van der Waals surface area contributed by atoms with E-state index < -0.39 is 10.8 Å². The van der Waals surface area contributed by atoms with E-state index in [1.54, 1.807) is 0 Å². The highest BCUT2D eigenvalue weighted by atomic mass is 32.2. The molecule has 1 heterocycles. The molecule has 0 radical (unpaired) electrons. The molecule has 0 saturated carbocycles. The summed E-state index contributed by atoms with van der Waals surface area (Å²) in [6.45, 7) is 7.93. The average molecular weight is 377 g/mol. The molecule has 0 fully saturated rings.